The minimum Gasteiger partial charge on any atom is -0.472 e. The van der Waals surface area contributed by atoms with Crippen molar-refractivity contribution in [3.8, 4) is 11.7 Å². The van der Waals surface area contributed by atoms with E-state index in [4.69, 9.17) is 4.74 Å². The van der Waals surface area contributed by atoms with Crippen molar-refractivity contribution in [3.05, 3.63) is 69.9 Å². The fourth-order valence-corrected chi connectivity index (χ4v) is 1.93. The molecule has 0 spiro atoms. The Bertz CT molecular complexity index is 822. The summed E-state index contributed by atoms with van der Waals surface area (Å²) < 4.78 is 19.6. The summed E-state index contributed by atoms with van der Waals surface area (Å²) in [5.74, 6) is 0.413. The molecule has 0 unspecified atom stereocenters. The van der Waals surface area contributed by atoms with Gasteiger partial charge < -0.3 is 4.74 Å². The number of hydrogen-bond donors (Lipinski definition) is 1. The quantitative estimate of drug-likeness (QED) is 0.799. The molecule has 3 aromatic rings. The maximum Gasteiger partial charge on any atom is 0.272 e. The van der Waals surface area contributed by atoms with Crippen LogP contribution in [0, 0.1) is 12.7 Å². The minimum absolute atomic E-state index is 0.202. The lowest BCUT2D eigenvalue weighted by Gasteiger charge is -2.05. The van der Waals surface area contributed by atoms with Crippen LogP contribution in [0.25, 0.3) is 5.82 Å². The van der Waals surface area contributed by atoms with Gasteiger partial charge in [0.05, 0.1) is 0 Å². The van der Waals surface area contributed by atoms with Gasteiger partial charge in [-0.1, -0.05) is 12.1 Å². The van der Waals surface area contributed by atoms with Crippen LogP contribution in [0.5, 0.6) is 5.88 Å². The first-order chi connectivity index (χ1) is 10.6. The van der Waals surface area contributed by atoms with E-state index < -0.39 is 0 Å². The largest absolute Gasteiger partial charge is 0.472 e. The van der Waals surface area contributed by atoms with E-state index in [2.05, 4.69) is 15.3 Å². The van der Waals surface area contributed by atoms with Crippen molar-refractivity contribution in [2.24, 2.45) is 0 Å². The molecular weight excluding hydrogens is 287 g/mol. The molecule has 0 aliphatic carbocycles. The highest BCUT2D eigenvalue weighted by atomic mass is 19.1. The number of halogens is 1. The van der Waals surface area contributed by atoms with Crippen molar-refractivity contribution < 1.29 is 9.13 Å². The third-order valence-electron chi connectivity index (χ3n) is 3.00. The summed E-state index contributed by atoms with van der Waals surface area (Å²) in [6.07, 6.45) is 0. The normalized spacial score (nSPS) is 10.6. The zero-order valence-corrected chi connectivity index (χ0v) is 11.8. The summed E-state index contributed by atoms with van der Waals surface area (Å²) in [6, 6.07) is 10.7. The lowest BCUT2D eigenvalue weighted by molar-refractivity contribution is 0.290. The fraction of sp³-hybridized carbons (Fsp3) is 0.133. The number of ether oxygens (including phenoxy) is 1. The van der Waals surface area contributed by atoms with E-state index in [1.165, 1.54) is 22.9 Å². The van der Waals surface area contributed by atoms with E-state index in [9.17, 15) is 9.18 Å². The van der Waals surface area contributed by atoms with Crippen molar-refractivity contribution in [2.75, 3.05) is 0 Å². The summed E-state index contributed by atoms with van der Waals surface area (Å²) in [6.45, 7) is 2.04. The van der Waals surface area contributed by atoms with Crippen LogP contribution in [0.15, 0.2) is 47.3 Å². The average molecular weight is 300 g/mol. The monoisotopic (exact) mass is 300 g/mol. The zero-order chi connectivity index (χ0) is 15.5. The van der Waals surface area contributed by atoms with E-state index in [-0.39, 0.29) is 18.0 Å². The summed E-state index contributed by atoms with van der Waals surface area (Å²) in [4.78, 5) is 11.7. The highest BCUT2D eigenvalue weighted by Gasteiger charge is 2.05. The maximum atomic E-state index is 12.8. The van der Waals surface area contributed by atoms with Gasteiger partial charge in [-0.3, -0.25) is 9.89 Å². The summed E-state index contributed by atoms with van der Waals surface area (Å²) in [5.41, 5.74) is 1.36. The van der Waals surface area contributed by atoms with E-state index in [0.29, 0.717) is 11.7 Å². The van der Waals surface area contributed by atoms with Crippen molar-refractivity contribution in [3.63, 3.8) is 0 Å². The molecule has 2 aromatic heterocycles. The number of H-pyrrole nitrogens is 1. The number of hydrogen-bond acceptors (Lipinski definition) is 4. The van der Waals surface area contributed by atoms with E-state index in [0.717, 1.165) is 11.3 Å². The molecule has 1 N–H and O–H groups in total. The van der Waals surface area contributed by atoms with Gasteiger partial charge >= 0.3 is 0 Å². The molecule has 0 atom stereocenters. The number of benzene rings is 1. The first-order valence-electron chi connectivity index (χ1n) is 6.62. The molecule has 0 aliphatic heterocycles. The molecular formula is C15H13FN4O2. The predicted molar refractivity (Wildman–Crippen MR) is 77.4 cm³/mol. The first kappa shape index (κ1) is 14.0. The van der Waals surface area contributed by atoms with Crippen LogP contribution >= 0.6 is 0 Å². The Balaban J connectivity index is 1.70. The van der Waals surface area contributed by atoms with Crippen LogP contribution in [0.3, 0.4) is 0 Å². The number of rotatable bonds is 4. The van der Waals surface area contributed by atoms with Gasteiger partial charge in [-0.25, -0.2) is 4.39 Å². The smallest absolute Gasteiger partial charge is 0.272 e. The van der Waals surface area contributed by atoms with Crippen molar-refractivity contribution in [2.45, 2.75) is 13.5 Å². The Morgan fingerprint density at radius 2 is 1.95 bits per heavy atom. The molecule has 0 aliphatic rings. The number of aromatic nitrogens is 4. The summed E-state index contributed by atoms with van der Waals surface area (Å²) in [7, 11) is 0. The summed E-state index contributed by atoms with van der Waals surface area (Å²) >= 11 is 0. The van der Waals surface area contributed by atoms with Crippen LogP contribution in [-0.4, -0.2) is 20.0 Å². The van der Waals surface area contributed by atoms with Gasteiger partial charge in [0.25, 0.3) is 5.56 Å². The molecule has 3 rings (SSSR count). The number of nitrogens with zero attached hydrogens (tertiary/aromatic N) is 3. The third-order valence-corrected chi connectivity index (χ3v) is 3.00. The second-order valence-corrected chi connectivity index (χ2v) is 4.76. The van der Waals surface area contributed by atoms with Gasteiger partial charge in [-0.2, -0.15) is 4.68 Å². The average Bonchev–Trinajstić information content (AvgIpc) is 2.86. The molecule has 0 fully saturated rings. The van der Waals surface area contributed by atoms with Crippen molar-refractivity contribution in [1.29, 1.82) is 0 Å². The second kappa shape index (κ2) is 5.80. The van der Waals surface area contributed by atoms with Crippen LogP contribution in [-0.2, 0) is 6.61 Å². The standard InChI is InChI=1S/C15H13FN4O2/c1-10-8-15(21)20(19-10)13-6-7-14(18-17-13)22-9-11-2-4-12(16)5-3-11/h2-8,19H,9H2,1H3. The Hall–Kier alpha value is -2.96. The van der Waals surface area contributed by atoms with Gasteiger partial charge in [0.15, 0.2) is 5.82 Å². The van der Waals surface area contributed by atoms with Crippen LogP contribution in [0.2, 0.25) is 0 Å². The molecule has 1 aromatic carbocycles. The highest BCUT2D eigenvalue weighted by Crippen LogP contribution is 2.10. The third kappa shape index (κ3) is 3.03. The SMILES string of the molecule is Cc1cc(=O)n(-c2ccc(OCc3ccc(F)cc3)nn2)[nH]1. The lowest BCUT2D eigenvalue weighted by atomic mass is 10.2. The molecule has 0 bridgehead atoms. The van der Waals surface area contributed by atoms with Crippen LogP contribution in [0.4, 0.5) is 4.39 Å². The van der Waals surface area contributed by atoms with E-state index in [1.807, 2.05) is 0 Å². The van der Waals surface area contributed by atoms with Crippen LogP contribution in [0.1, 0.15) is 11.3 Å². The van der Waals surface area contributed by atoms with E-state index >= 15 is 0 Å². The Morgan fingerprint density at radius 3 is 2.55 bits per heavy atom. The minimum atomic E-state index is -0.292. The first-order valence-corrected chi connectivity index (χ1v) is 6.62. The topological polar surface area (TPSA) is 72.8 Å². The molecule has 0 saturated heterocycles. The fourth-order valence-electron chi connectivity index (χ4n) is 1.93. The Kier molecular flexibility index (Phi) is 3.69. The molecule has 6 nitrogen and oxygen atoms in total. The van der Waals surface area contributed by atoms with Gasteiger partial charge in [0.2, 0.25) is 5.88 Å². The van der Waals surface area contributed by atoms with Gasteiger partial charge in [0.1, 0.15) is 12.4 Å². The molecule has 7 heteroatoms. The van der Waals surface area contributed by atoms with Crippen LogP contribution < -0.4 is 10.3 Å². The second-order valence-electron chi connectivity index (χ2n) is 4.76. The summed E-state index contributed by atoms with van der Waals surface area (Å²) in [5, 5.41) is 10.7. The van der Waals surface area contributed by atoms with Crippen molar-refractivity contribution >= 4 is 0 Å². The highest BCUT2D eigenvalue weighted by molar-refractivity contribution is 5.24. The van der Waals surface area contributed by atoms with Gasteiger partial charge in [0, 0.05) is 17.8 Å². The lowest BCUT2D eigenvalue weighted by Crippen LogP contribution is -2.15. The van der Waals surface area contributed by atoms with Crippen molar-refractivity contribution in [1.82, 2.24) is 20.0 Å². The number of nitrogens with one attached hydrogen (secondary N) is 1. The molecule has 22 heavy (non-hydrogen) atoms. The molecule has 2 heterocycles. The Morgan fingerprint density at radius 1 is 1.18 bits per heavy atom. The molecule has 0 radical (unpaired) electrons. The number of aryl methyl sites for hydroxylation is 1. The van der Waals surface area contributed by atoms with Gasteiger partial charge in [-0.05, 0) is 30.7 Å². The predicted octanol–water partition coefficient (Wildman–Crippen LogP) is 1.98. The number of aromatic amines is 1. The molecule has 0 amide bonds. The molecule has 112 valence electrons. The zero-order valence-electron chi connectivity index (χ0n) is 11.8. The maximum absolute atomic E-state index is 12.8. The van der Waals surface area contributed by atoms with Gasteiger partial charge in [-0.15, -0.1) is 10.2 Å². The van der Waals surface area contributed by atoms with E-state index in [1.54, 1.807) is 31.2 Å². The Labute approximate surface area is 125 Å². The molecule has 0 saturated carbocycles.